The van der Waals surface area contributed by atoms with Crippen LogP contribution in [0.25, 0.3) is 0 Å². The van der Waals surface area contributed by atoms with Crippen LogP contribution in [0.1, 0.15) is 50.6 Å². The van der Waals surface area contributed by atoms with Gasteiger partial charge in [0.1, 0.15) is 5.75 Å². The van der Waals surface area contributed by atoms with Gasteiger partial charge in [0.25, 0.3) is 0 Å². The predicted molar refractivity (Wildman–Crippen MR) is 73.9 cm³/mol. The van der Waals surface area contributed by atoms with E-state index < -0.39 is 0 Å². The molecule has 0 bridgehead atoms. The molecule has 0 spiro atoms. The molecule has 2 saturated carbocycles. The Morgan fingerprint density at radius 2 is 2.11 bits per heavy atom. The van der Waals surface area contributed by atoms with E-state index in [1.54, 1.807) is 0 Å². The van der Waals surface area contributed by atoms with Crippen molar-refractivity contribution < 1.29 is 4.74 Å². The molecule has 18 heavy (non-hydrogen) atoms. The predicted octanol–water partition coefficient (Wildman–Crippen LogP) is 3.68. The zero-order chi connectivity index (χ0) is 12.4. The fourth-order valence-corrected chi connectivity index (χ4v) is 2.71. The molecule has 0 radical (unpaired) electrons. The highest BCUT2D eigenvalue weighted by Gasteiger charge is 2.28. The lowest BCUT2D eigenvalue weighted by Crippen LogP contribution is -2.32. The summed E-state index contributed by atoms with van der Waals surface area (Å²) in [4.78, 5) is 0. The van der Waals surface area contributed by atoms with Crippen molar-refractivity contribution in [1.29, 1.82) is 0 Å². The first-order chi connectivity index (χ1) is 8.86. The number of ether oxygens (including phenoxy) is 1. The molecule has 1 aromatic carbocycles. The fraction of sp³-hybridized carbons (Fsp3) is 0.625. The smallest absolute Gasteiger partial charge is 0.120 e. The van der Waals surface area contributed by atoms with Crippen molar-refractivity contribution in [3.8, 4) is 5.75 Å². The molecule has 1 atom stereocenters. The third-order valence-corrected chi connectivity index (χ3v) is 4.09. The molecule has 1 unspecified atom stereocenters. The molecule has 98 valence electrons. The van der Waals surface area contributed by atoms with E-state index in [-0.39, 0.29) is 0 Å². The van der Waals surface area contributed by atoms with Gasteiger partial charge in [-0.1, -0.05) is 25.5 Å². The molecule has 0 amide bonds. The average molecular weight is 245 g/mol. The van der Waals surface area contributed by atoms with Crippen LogP contribution in [0.15, 0.2) is 24.3 Å². The number of nitrogens with one attached hydrogen (secondary N) is 1. The first-order valence-corrected chi connectivity index (χ1v) is 7.37. The van der Waals surface area contributed by atoms with E-state index in [2.05, 4.69) is 36.5 Å². The van der Waals surface area contributed by atoms with E-state index in [1.807, 2.05) is 0 Å². The van der Waals surface area contributed by atoms with Crippen LogP contribution in [-0.2, 0) is 0 Å². The summed E-state index contributed by atoms with van der Waals surface area (Å²) in [6.07, 6.45) is 7.07. The molecule has 2 nitrogen and oxygen atoms in total. The third kappa shape index (κ3) is 2.69. The van der Waals surface area contributed by atoms with Crippen LogP contribution < -0.4 is 10.1 Å². The van der Waals surface area contributed by atoms with Crippen LogP contribution in [-0.4, -0.2) is 12.6 Å². The zero-order valence-corrected chi connectivity index (χ0v) is 11.2. The Kier molecular flexibility index (Phi) is 3.55. The van der Waals surface area contributed by atoms with Gasteiger partial charge in [-0.25, -0.2) is 0 Å². The highest BCUT2D eigenvalue weighted by atomic mass is 16.5. The van der Waals surface area contributed by atoms with E-state index in [1.165, 1.54) is 37.7 Å². The Morgan fingerprint density at radius 1 is 1.28 bits per heavy atom. The summed E-state index contributed by atoms with van der Waals surface area (Å²) in [5, 5.41) is 3.64. The van der Waals surface area contributed by atoms with Crippen LogP contribution in [0, 0.1) is 5.92 Å². The standard InChI is InChI=1S/C16H23NO/c1-2-17-16(12-5-3-6-12)13-7-4-8-15(11-13)18-14-9-10-14/h4,7-8,11-12,14,16-17H,2-3,5-6,9-10H2,1H3. The van der Waals surface area contributed by atoms with Gasteiger partial charge < -0.3 is 10.1 Å². The molecule has 1 N–H and O–H groups in total. The summed E-state index contributed by atoms with van der Waals surface area (Å²) in [5.41, 5.74) is 1.40. The lowest BCUT2D eigenvalue weighted by atomic mass is 9.77. The molecular formula is C16H23NO. The van der Waals surface area contributed by atoms with Crippen molar-refractivity contribution in [2.24, 2.45) is 5.92 Å². The lowest BCUT2D eigenvalue weighted by molar-refractivity contribution is 0.232. The minimum absolute atomic E-state index is 0.488. The van der Waals surface area contributed by atoms with E-state index >= 15 is 0 Å². The molecule has 2 aliphatic carbocycles. The monoisotopic (exact) mass is 245 g/mol. The highest BCUT2D eigenvalue weighted by molar-refractivity contribution is 5.31. The van der Waals surface area contributed by atoms with Crippen molar-refractivity contribution >= 4 is 0 Å². The third-order valence-electron chi connectivity index (χ3n) is 4.09. The molecule has 2 heteroatoms. The van der Waals surface area contributed by atoms with Crippen molar-refractivity contribution in [2.75, 3.05) is 6.54 Å². The minimum atomic E-state index is 0.488. The van der Waals surface area contributed by atoms with Crippen LogP contribution in [0.2, 0.25) is 0 Å². The van der Waals surface area contributed by atoms with E-state index in [0.29, 0.717) is 12.1 Å². The zero-order valence-electron chi connectivity index (χ0n) is 11.2. The largest absolute Gasteiger partial charge is 0.490 e. The maximum Gasteiger partial charge on any atom is 0.120 e. The number of rotatable bonds is 6. The first kappa shape index (κ1) is 12.0. The number of hydrogen-bond donors (Lipinski definition) is 1. The Bertz CT molecular complexity index is 396. The molecule has 0 saturated heterocycles. The number of hydrogen-bond acceptors (Lipinski definition) is 2. The Labute approximate surface area is 110 Å². The van der Waals surface area contributed by atoms with Crippen LogP contribution >= 0.6 is 0 Å². The maximum absolute atomic E-state index is 5.90. The van der Waals surface area contributed by atoms with Crippen LogP contribution in [0.5, 0.6) is 5.75 Å². The van der Waals surface area contributed by atoms with Gasteiger partial charge in [0.2, 0.25) is 0 Å². The molecular weight excluding hydrogens is 222 g/mol. The van der Waals surface area contributed by atoms with Gasteiger partial charge in [-0.2, -0.15) is 0 Å². The lowest BCUT2D eigenvalue weighted by Gasteiger charge is -2.34. The quantitative estimate of drug-likeness (QED) is 0.825. The van der Waals surface area contributed by atoms with Gasteiger partial charge in [-0.3, -0.25) is 0 Å². The summed E-state index contributed by atoms with van der Waals surface area (Å²) >= 11 is 0. The second-order valence-electron chi connectivity index (χ2n) is 5.62. The second-order valence-corrected chi connectivity index (χ2v) is 5.62. The van der Waals surface area contributed by atoms with Gasteiger partial charge in [0.15, 0.2) is 0 Å². The van der Waals surface area contributed by atoms with Gasteiger partial charge in [-0.05, 0) is 55.8 Å². The molecule has 1 aromatic rings. The highest BCUT2D eigenvalue weighted by Crippen LogP contribution is 2.38. The summed E-state index contributed by atoms with van der Waals surface area (Å²) in [5.74, 6) is 1.87. The summed E-state index contributed by atoms with van der Waals surface area (Å²) < 4.78 is 5.90. The summed E-state index contributed by atoms with van der Waals surface area (Å²) in [6.45, 7) is 3.23. The molecule has 0 aliphatic heterocycles. The summed E-state index contributed by atoms with van der Waals surface area (Å²) in [7, 11) is 0. The van der Waals surface area contributed by atoms with Gasteiger partial charge in [-0.15, -0.1) is 0 Å². The maximum atomic E-state index is 5.90. The van der Waals surface area contributed by atoms with Crippen molar-refractivity contribution in [2.45, 2.75) is 51.2 Å². The van der Waals surface area contributed by atoms with Crippen LogP contribution in [0.3, 0.4) is 0 Å². The molecule has 2 fully saturated rings. The van der Waals surface area contributed by atoms with Crippen molar-refractivity contribution in [3.05, 3.63) is 29.8 Å². The first-order valence-electron chi connectivity index (χ1n) is 7.37. The van der Waals surface area contributed by atoms with Gasteiger partial charge in [0, 0.05) is 6.04 Å². The van der Waals surface area contributed by atoms with Crippen molar-refractivity contribution in [1.82, 2.24) is 5.32 Å². The SMILES string of the molecule is CCNC(c1cccc(OC2CC2)c1)C1CCC1. The summed E-state index contributed by atoms with van der Waals surface area (Å²) in [6, 6.07) is 9.23. The average Bonchev–Trinajstić information content (AvgIpc) is 3.10. The number of benzene rings is 1. The van der Waals surface area contributed by atoms with Gasteiger partial charge in [0.05, 0.1) is 6.10 Å². The molecule has 0 heterocycles. The van der Waals surface area contributed by atoms with Crippen LogP contribution in [0.4, 0.5) is 0 Å². The van der Waals surface area contributed by atoms with E-state index in [9.17, 15) is 0 Å². The molecule has 0 aromatic heterocycles. The van der Waals surface area contributed by atoms with E-state index in [4.69, 9.17) is 4.74 Å². The van der Waals surface area contributed by atoms with Gasteiger partial charge >= 0.3 is 0 Å². The fourth-order valence-electron chi connectivity index (χ4n) is 2.71. The topological polar surface area (TPSA) is 21.3 Å². The Morgan fingerprint density at radius 3 is 2.72 bits per heavy atom. The minimum Gasteiger partial charge on any atom is -0.490 e. The molecule has 2 aliphatic rings. The second kappa shape index (κ2) is 5.31. The Balaban J connectivity index is 1.74. The normalized spacial score (nSPS) is 21.4. The molecule has 3 rings (SSSR count). The van der Waals surface area contributed by atoms with E-state index in [0.717, 1.165) is 18.2 Å². The Hall–Kier alpha value is -1.02. The van der Waals surface area contributed by atoms with Crippen molar-refractivity contribution in [3.63, 3.8) is 0 Å².